The SMILES string of the molecule is CC[C@H](C)NC(=O)[C@@H](C)N(Cc1ccccc1Cl)C(=O)CN(c1ccccc1Br)S(C)(=O)=O. The van der Waals surface area contributed by atoms with Crippen molar-refractivity contribution in [3.05, 3.63) is 63.6 Å². The predicted octanol–water partition coefficient (Wildman–Crippen LogP) is 4.20. The Bertz CT molecular complexity index is 1100. The fourth-order valence-corrected chi connectivity index (χ4v) is 4.78. The smallest absolute Gasteiger partial charge is 0.244 e. The van der Waals surface area contributed by atoms with Gasteiger partial charge in [0.05, 0.1) is 11.9 Å². The average Bonchev–Trinajstić information content (AvgIpc) is 2.76. The van der Waals surface area contributed by atoms with Crippen molar-refractivity contribution in [3.63, 3.8) is 0 Å². The molecule has 0 spiro atoms. The van der Waals surface area contributed by atoms with Gasteiger partial charge in [0, 0.05) is 22.1 Å². The van der Waals surface area contributed by atoms with Gasteiger partial charge in [-0.25, -0.2) is 8.42 Å². The molecule has 0 saturated heterocycles. The first kappa shape index (κ1) is 27.1. The number of nitrogens with one attached hydrogen (secondary N) is 1. The third kappa shape index (κ3) is 7.45. The zero-order chi connectivity index (χ0) is 24.8. The number of sulfonamides is 1. The molecule has 0 aromatic heterocycles. The van der Waals surface area contributed by atoms with Crippen LogP contribution in [0, 0.1) is 0 Å². The molecule has 180 valence electrons. The molecule has 1 N–H and O–H groups in total. The van der Waals surface area contributed by atoms with Crippen molar-refractivity contribution in [3.8, 4) is 0 Å². The number of anilines is 1. The molecule has 0 aliphatic carbocycles. The van der Waals surface area contributed by atoms with Crippen LogP contribution in [0.3, 0.4) is 0 Å². The highest BCUT2D eigenvalue weighted by atomic mass is 79.9. The van der Waals surface area contributed by atoms with Crippen LogP contribution in [0.4, 0.5) is 5.69 Å². The van der Waals surface area contributed by atoms with Gasteiger partial charge in [0.25, 0.3) is 0 Å². The zero-order valence-corrected chi connectivity index (χ0v) is 22.2. The Morgan fingerprint density at radius 1 is 1.09 bits per heavy atom. The number of rotatable bonds is 10. The molecule has 33 heavy (non-hydrogen) atoms. The highest BCUT2D eigenvalue weighted by molar-refractivity contribution is 9.10. The van der Waals surface area contributed by atoms with Crippen molar-refractivity contribution in [1.82, 2.24) is 10.2 Å². The van der Waals surface area contributed by atoms with Crippen molar-refractivity contribution in [2.75, 3.05) is 17.1 Å². The monoisotopic (exact) mass is 557 g/mol. The number of carbonyl (C=O) groups excluding carboxylic acids is 2. The van der Waals surface area contributed by atoms with Gasteiger partial charge in [-0.2, -0.15) is 0 Å². The maximum absolute atomic E-state index is 13.5. The number of carbonyl (C=O) groups is 2. The molecule has 2 aromatic carbocycles. The van der Waals surface area contributed by atoms with Gasteiger partial charge in [0.2, 0.25) is 21.8 Å². The Morgan fingerprint density at radius 2 is 1.70 bits per heavy atom. The number of nitrogens with zero attached hydrogens (tertiary/aromatic N) is 2. The van der Waals surface area contributed by atoms with E-state index in [1.807, 2.05) is 13.8 Å². The summed E-state index contributed by atoms with van der Waals surface area (Å²) in [7, 11) is -3.79. The highest BCUT2D eigenvalue weighted by Crippen LogP contribution is 2.28. The number of halogens is 2. The molecule has 0 fully saturated rings. The highest BCUT2D eigenvalue weighted by Gasteiger charge is 2.31. The molecule has 0 aliphatic heterocycles. The number of benzene rings is 2. The second-order valence-electron chi connectivity index (χ2n) is 7.83. The Balaban J connectivity index is 2.41. The van der Waals surface area contributed by atoms with Gasteiger partial charge in [-0.1, -0.05) is 48.9 Å². The van der Waals surface area contributed by atoms with Crippen molar-refractivity contribution < 1.29 is 18.0 Å². The quantitative estimate of drug-likeness (QED) is 0.474. The molecule has 0 saturated carbocycles. The van der Waals surface area contributed by atoms with Gasteiger partial charge >= 0.3 is 0 Å². The minimum absolute atomic E-state index is 0.0567. The first-order valence-electron chi connectivity index (χ1n) is 10.5. The summed E-state index contributed by atoms with van der Waals surface area (Å²) in [5.41, 5.74) is 0.991. The summed E-state index contributed by atoms with van der Waals surface area (Å²) in [6.45, 7) is 5.04. The van der Waals surface area contributed by atoms with E-state index < -0.39 is 28.5 Å². The van der Waals surface area contributed by atoms with E-state index in [9.17, 15) is 18.0 Å². The van der Waals surface area contributed by atoms with Crippen LogP contribution in [-0.4, -0.2) is 50.0 Å². The molecule has 2 aromatic rings. The summed E-state index contributed by atoms with van der Waals surface area (Å²) in [5.74, 6) is -0.848. The van der Waals surface area contributed by atoms with E-state index >= 15 is 0 Å². The Morgan fingerprint density at radius 3 is 2.27 bits per heavy atom. The molecular formula is C23H29BrClN3O4S. The molecule has 0 unspecified atom stereocenters. The molecule has 0 bridgehead atoms. The van der Waals surface area contributed by atoms with Crippen LogP contribution in [0.25, 0.3) is 0 Å². The van der Waals surface area contributed by atoms with Crippen LogP contribution in [0.15, 0.2) is 53.0 Å². The number of amides is 2. The molecule has 0 heterocycles. The Kier molecular flexibility index (Phi) is 9.75. The maximum Gasteiger partial charge on any atom is 0.244 e. The summed E-state index contributed by atoms with van der Waals surface area (Å²) >= 11 is 9.66. The van der Waals surface area contributed by atoms with Gasteiger partial charge in [-0.05, 0) is 60.0 Å². The number of hydrogen-bond donors (Lipinski definition) is 1. The molecule has 2 rings (SSSR count). The molecule has 0 radical (unpaired) electrons. The molecule has 7 nitrogen and oxygen atoms in total. The molecular weight excluding hydrogens is 530 g/mol. The Hall–Kier alpha value is -2.10. The van der Waals surface area contributed by atoms with E-state index in [1.165, 1.54) is 4.90 Å². The largest absolute Gasteiger partial charge is 0.352 e. The fraction of sp³-hybridized carbons (Fsp3) is 0.391. The molecule has 2 amide bonds. The first-order valence-corrected chi connectivity index (χ1v) is 13.5. The lowest BCUT2D eigenvalue weighted by molar-refractivity contribution is -0.139. The number of hydrogen-bond acceptors (Lipinski definition) is 4. The maximum atomic E-state index is 13.5. The predicted molar refractivity (Wildman–Crippen MR) is 136 cm³/mol. The minimum atomic E-state index is -3.79. The summed E-state index contributed by atoms with van der Waals surface area (Å²) in [6, 6.07) is 12.9. The van der Waals surface area contributed by atoms with Crippen LogP contribution < -0.4 is 9.62 Å². The van der Waals surface area contributed by atoms with Gasteiger partial charge in [0.15, 0.2) is 0 Å². The number of para-hydroxylation sites is 1. The zero-order valence-electron chi connectivity index (χ0n) is 19.1. The Labute approximate surface area is 209 Å². The lowest BCUT2D eigenvalue weighted by atomic mass is 10.1. The van der Waals surface area contributed by atoms with E-state index in [0.29, 0.717) is 20.7 Å². The summed E-state index contributed by atoms with van der Waals surface area (Å²) in [4.78, 5) is 27.7. The van der Waals surface area contributed by atoms with Crippen LogP contribution in [0.2, 0.25) is 5.02 Å². The summed E-state index contributed by atoms with van der Waals surface area (Å²) in [5, 5.41) is 3.34. The van der Waals surface area contributed by atoms with Crippen LogP contribution in [0.5, 0.6) is 0 Å². The fourth-order valence-electron chi connectivity index (χ4n) is 3.11. The average molecular weight is 559 g/mol. The van der Waals surface area contributed by atoms with E-state index in [-0.39, 0.29) is 18.5 Å². The topological polar surface area (TPSA) is 86.8 Å². The standard InChI is InChI=1S/C23H29BrClN3O4S/c1-5-16(2)26-23(30)17(3)27(14-18-10-6-8-12-20(18)25)22(29)15-28(33(4,31)32)21-13-9-7-11-19(21)24/h6-13,16-17H,5,14-15H2,1-4H3,(H,26,30)/t16-,17+/m0/s1. The minimum Gasteiger partial charge on any atom is -0.352 e. The second-order valence-corrected chi connectivity index (χ2v) is 11.0. The van der Waals surface area contributed by atoms with E-state index in [4.69, 9.17) is 11.6 Å². The van der Waals surface area contributed by atoms with Gasteiger partial charge in [0.1, 0.15) is 12.6 Å². The van der Waals surface area contributed by atoms with Crippen molar-refractivity contribution in [2.45, 2.75) is 45.8 Å². The summed E-state index contributed by atoms with van der Waals surface area (Å²) in [6.07, 6.45) is 1.78. The molecule has 2 atom stereocenters. The lowest BCUT2D eigenvalue weighted by Gasteiger charge is -2.32. The van der Waals surface area contributed by atoms with Crippen molar-refractivity contribution >= 4 is 55.1 Å². The first-order chi connectivity index (χ1) is 15.5. The van der Waals surface area contributed by atoms with E-state index in [2.05, 4.69) is 21.2 Å². The molecule has 0 aliphatic rings. The van der Waals surface area contributed by atoms with Gasteiger partial charge in [-0.15, -0.1) is 0 Å². The summed E-state index contributed by atoms with van der Waals surface area (Å²) < 4.78 is 26.7. The van der Waals surface area contributed by atoms with Gasteiger partial charge in [-0.3, -0.25) is 13.9 Å². The third-order valence-corrected chi connectivity index (χ3v) is 7.43. The van der Waals surface area contributed by atoms with E-state index in [0.717, 1.165) is 17.0 Å². The lowest BCUT2D eigenvalue weighted by Crippen LogP contribution is -2.52. The molecule has 10 heteroatoms. The van der Waals surface area contributed by atoms with Crippen molar-refractivity contribution in [2.24, 2.45) is 0 Å². The normalized spacial score (nSPS) is 13.2. The van der Waals surface area contributed by atoms with Crippen LogP contribution in [-0.2, 0) is 26.2 Å². The third-order valence-electron chi connectivity index (χ3n) is 5.27. The van der Waals surface area contributed by atoms with Gasteiger partial charge < -0.3 is 10.2 Å². The second kappa shape index (κ2) is 11.9. The van der Waals surface area contributed by atoms with Crippen molar-refractivity contribution in [1.29, 1.82) is 0 Å². The van der Waals surface area contributed by atoms with Crippen LogP contribution in [0.1, 0.15) is 32.8 Å². The van der Waals surface area contributed by atoms with E-state index in [1.54, 1.807) is 55.5 Å². The van der Waals surface area contributed by atoms with Crippen LogP contribution >= 0.6 is 27.5 Å².